The van der Waals surface area contributed by atoms with Crippen molar-refractivity contribution in [3.05, 3.63) is 12.7 Å². The molecule has 0 amide bonds. The summed E-state index contributed by atoms with van der Waals surface area (Å²) in [6.45, 7) is 8.95. The van der Waals surface area contributed by atoms with Gasteiger partial charge in [-0.15, -0.1) is 6.58 Å². The molecule has 11 heavy (non-hydrogen) atoms. The standard InChI is InChI=1S/C9H19NO/c1-4-5-6-10-9(7-11)8(2)3/h4,8-11H,1,5-7H2,2-3H3/t9-/m1/s1. The van der Waals surface area contributed by atoms with Gasteiger partial charge in [-0.05, 0) is 18.9 Å². The molecular formula is C9H19NO. The van der Waals surface area contributed by atoms with E-state index in [9.17, 15) is 0 Å². The van der Waals surface area contributed by atoms with Gasteiger partial charge in [0.1, 0.15) is 0 Å². The van der Waals surface area contributed by atoms with Crippen molar-refractivity contribution in [1.29, 1.82) is 0 Å². The highest BCUT2D eigenvalue weighted by atomic mass is 16.3. The van der Waals surface area contributed by atoms with E-state index < -0.39 is 0 Å². The monoisotopic (exact) mass is 157 g/mol. The first-order valence-electron chi connectivity index (χ1n) is 4.17. The summed E-state index contributed by atoms with van der Waals surface area (Å²) in [7, 11) is 0. The van der Waals surface area contributed by atoms with Gasteiger partial charge in [0.05, 0.1) is 6.61 Å². The molecule has 0 aliphatic rings. The minimum atomic E-state index is 0.217. The molecule has 0 radical (unpaired) electrons. The SMILES string of the molecule is C=CCCN[C@H](CO)C(C)C. The quantitative estimate of drug-likeness (QED) is 0.448. The van der Waals surface area contributed by atoms with Crippen LogP contribution < -0.4 is 5.32 Å². The Balaban J connectivity index is 3.43. The molecule has 0 spiro atoms. The Kier molecular flexibility index (Phi) is 6.18. The molecular weight excluding hydrogens is 138 g/mol. The largest absolute Gasteiger partial charge is 0.395 e. The van der Waals surface area contributed by atoms with Crippen molar-refractivity contribution in [2.75, 3.05) is 13.2 Å². The molecule has 0 fully saturated rings. The molecule has 0 saturated heterocycles. The molecule has 2 N–H and O–H groups in total. The van der Waals surface area contributed by atoms with E-state index in [1.807, 2.05) is 6.08 Å². The zero-order valence-corrected chi connectivity index (χ0v) is 7.51. The lowest BCUT2D eigenvalue weighted by Crippen LogP contribution is -2.37. The summed E-state index contributed by atoms with van der Waals surface area (Å²) in [6, 6.07) is 0.231. The predicted molar refractivity (Wildman–Crippen MR) is 48.5 cm³/mol. The van der Waals surface area contributed by atoms with E-state index >= 15 is 0 Å². The van der Waals surface area contributed by atoms with Gasteiger partial charge in [0.2, 0.25) is 0 Å². The van der Waals surface area contributed by atoms with Crippen LogP contribution in [0.4, 0.5) is 0 Å². The van der Waals surface area contributed by atoms with E-state index in [-0.39, 0.29) is 12.6 Å². The van der Waals surface area contributed by atoms with Crippen molar-refractivity contribution in [2.45, 2.75) is 26.3 Å². The van der Waals surface area contributed by atoms with Gasteiger partial charge in [-0.1, -0.05) is 19.9 Å². The van der Waals surface area contributed by atoms with Gasteiger partial charge in [0.25, 0.3) is 0 Å². The lowest BCUT2D eigenvalue weighted by Gasteiger charge is -2.19. The number of rotatable bonds is 6. The van der Waals surface area contributed by atoms with Gasteiger partial charge in [-0.3, -0.25) is 0 Å². The zero-order valence-electron chi connectivity index (χ0n) is 7.51. The first-order valence-corrected chi connectivity index (χ1v) is 4.17. The van der Waals surface area contributed by atoms with E-state index in [1.54, 1.807) is 0 Å². The normalized spacial score (nSPS) is 13.5. The third-order valence-electron chi connectivity index (χ3n) is 1.76. The number of aliphatic hydroxyl groups excluding tert-OH is 1. The minimum Gasteiger partial charge on any atom is -0.395 e. The van der Waals surface area contributed by atoms with Crippen molar-refractivity contribution in [3.8, 4) is 0 Å². The van der Waals surface area contributed by atoms with Crippen LogP contribution in [0.1, 0.15) is 20.3 Å². The fourth-order valence-corrected chi connectivity index (χ4v) is 0.882. The van der Waals surface area contributed by atoms with Gasteiger partial charge >= 0.3 is 0 Å². The molecule has 0 rings (SSSR count). The molecule has 2 nitrogen and oxygen atoms in total. The van der Waals surface area contributed by atoms with Crippen LogP contribution in [0.25, 0.3) is 0 Å². The third-order valence-corrected chi connectivity index (χ3v) is 1.76. The highest BCUT2D eigenvalue weighted by Crippen LogP contribution is 1.99. The molecule has 0 bridgehead atoms. The predicted octanol–water partition coefficient (Wildman–Crippen LogP) is 1.17. The highest BCUT2D eigenvalue weighted by Gasteiger charge is 2.09. The Morgan fingerprint density at radius 1 is 1.55 bits per heavy atom. The van der Waals surface area contributed by atoms with Gasteiger partial charge in [0.15, 0.2) is 0 Å². The molecule has 0 aromatic carbocycles. The molecule has 0 saturated carbocycles. The fourth-order valence-electron chi connectivity index (χ4n) is 0.882. The highest BCUT2D eigenvalue weighted by molar-refractivity contribution is 4.73. The summed E-state index contributed by atoms with van der Waals surface area (Å²) in [5.41, 5.74) is 0. The molecule has 0 aliphatic carbocycles. The van der Waals surface area contributed by atoms with Crippen molar-refractivity contribution in [1.82, 2.24) is 5.32 Å². The fraction of sp³-hybridized carbons (Fsp3) is 0.778. The number of aliphatic hydroxyl groups is 1. The maximum Gasteiger partial charge on any atom is 0.0587 e. The lowest BCUT2D eigenvalue weighted by atomic mass is 10.1. The van der Waals surface area contributed by atoms with Crippen LogP contribution in [0, 0.1) is 5.92 Å². The zero-order chi connectivity index (χ0) is 8.69. The van der Waals surface area contributed by atoms with Crippen LogP contribution in [-0.4, -0.2) is 24.3 Å². The number of nitrogens with one attached hydrogen (secondary N) is 1. The van der Waals surface area contributed by atoms with Crippen molar-refractivity contribution in [2.24, 2.45) is 5.92 Å². The molecule has 0 aromatic heterocycles. The molecule has 0 aromatic rings. The average molecular weight is 157 g/mol. The van der Waals surface area contributed by atoms with E-state index in [0.29, 0.717) is 5.92 Å². The second kappa shape index (κ2) is 6.38. The summed E-state index contributed by atoms with van der Waals surface area (Å²) in [5, 5.41) is 12.2. The van der Waals surface area contributed by atoms with E-state index in [2.05, 4.69) is 25.7 Å². The molecule has 2 heteroatoms. The third kappa shape index (κ3) is 4.99. The Hall–Kier alpha value is -0.340. The van der Waals surface area contributed by atoms with Crippen LogP contribution in [-0.2, 0) is 0 Å². The van der Waals surface area contributed by atoms with Crippen molar-refractivity contribution in [3.63, 3.8) is 0 Å². The second-order valence-corrected chi connectivity index (χ2v) is 3.06. The summed E-state index contributed by atoms with van der Waals surface area (Å²) < 4.78 is 0. The molecule has 66 valence electrons. The van der Waals surface area contributed by atoms with Crippen molar-refractivity contribution >= 4 is 0 Å². The van der Waals surface area contributed by atoms with Gasteiger partial charge in [-0.25, -0.2) is 0 Å². The van der Waals surface area contributed by atoms with Crippen LogP contribution in [0.3, 0.4) is 0 Å². The Bertz CT molecular complexity index is 102. The van der Waals surface area contributed by atoms with Crippen LogP contribution >= 0.6 is 0 Å². The average Bonchev–Trinajstić information content (AvgIpc) is 1.97. The molecule has 1 atom stereocenters. The minimum absolute atomic E-state index is 0.217. The number of hydrogen-bond donors (Lipinski definition) is 2. The number of hydrogen-bond acceptors (Lipinski definition) is 2. The van der Waals surface area contributed by atoms with Gasteiger partial charge in [-0.2, -0.15) is 0 Å². The van der Waals surface area contributed by atoms with Crippen molar-refractivity contribution < 1.29 is 5.11 Å². The summed E-state index contributed by atoms with van der Waals surface area (Å²) in [4.78, 5) is 0. The Morgan fingerprint density at radius 2 is 2.18 bits per heavy atom. The lowest BCUT2D eigenvalue weighted by molar-refractivity contribution is 0.212. The first-order chi connectivity index (χ1) is 5.22. The maximum absolute atomic E-state index is 8.91. The van der Waals surface area contributed by atoms with Gasteiger partial charge < -0.3 is 10.4 Å². The van der Waals surface area contributed by atoms with E-state index in [4.69, 9.17) is 5.11 Å². The Morgan fingerprint density at radius 3 is 2.55 bits per heavy atom. The van der Waals surface area contributed by atoms with Gasteiger partial charge in [0, 0.05) is 6.04 Å². The smallest absolute Gasteiger partial charge is 0.0587 e. The first kappa shape index (κ1) is 10.7. The summed E-state index contributed by atoms with van der Waals surface area (Å²) in [6.07, 6.45) is 2.84. The van der Waals surface area contributed by atoms with E-state index in [0.717, 1.165) is 13.0 Å². The van der Waals surface area contributed by atoms with Crippen LogP contribution in [0.2, 0.25) is 0 Å². The molecule has 0 heterocycles. The second-order valence-electron chi connectivity index (χ2n) is 3.06. The van der Waals surface area contributed by atoms with E-state index in [1.165, 1.54) is 0 Å². The summed E-state index contributed by atoms with van der Waals surface area (Å²) >= 11 is 0. The molecule has 0 aliphatic heterocycles. The topological polar surface area (TPSA) is 32.3 Å². The van der Waals surface area contributed by atoms with Crippen LogP contribution in [0.15, 0.2) is 12.7 Å². The molecule has 0 unspecified atom stereocenters. The summed E-state index contributed by atoms with van der Waals surface area (Å²) in [5.74, 6) is 0.491. The Labute approximate surface area is 69.3 Å². The maximum atomic E-state index is 8.91. The van der Waals surface area contributed by atoms with Crippen LogP contribution in [0.5, 0.6) is 0 Å².